The van der Waals surface area contributed by atoms with E-state index in [0.29, 0.717) is 25.8 Å². The van der Waals surface area contributed by atoms with Crippen LogP contribution in [0.15, 0.2) is 41.4 Å². The van der Waals surface area contributed by atoms with Gasteiger partial charge < -0.3 is 0 Å². The molecule has 18 heavy (non-hydrogen) atoms. The van der Waals surface area contributed by atoms with Crippen LogP contribution in [0.2, 0.25) is 20.1 Å². The Morgan fingerprint density at radius 3 is 2.17 bits per heavy atom. The molecule has 2 aromatic rings. The summed E-state index contributed by atoms with van der Waals surface area (Å²) < 4.78 is 0. The van der Waals surface area contributed by atoms with Crippen LogP contribution in [0, 0.1) is 0 Å². The van der Waals surface area contributed by atoms with Crippen LogP contribution >= 0.6 is 46.4 Å². The SMILES string of the molecule is Clc1ccc(C=Nc2cc(Cl)ccc2Cl)c(Cl)c1. The number of aliphatic imine (C=N–C) groups is 1. The van der Waals surface area contributed by atoms with E-state index in [2.05, 4.69) is 4.99 Å². The van der Waals surface area contributed by atoms with Crippen LogP contribution in [0.1, 0.15) is 5.56 Å². The summed E-state index contributed by atoms with van der Waals surface area (Å²) in [5.74, 6) is 0. The minimum Gasteiger partial charge on any atom is -0.255 e. The first kappa shape index (κ1) is 13.7. The molecule has 0 atom stereocenters. The van der Waals surface area contributed by atoms with Crippen molar-refractivity contribution in [3.05, 3.63) is 62.1 Å². The molecule has 0 aliphatic carbocycles. The molecule has 0 fully saturated rings. The van der Waals surface area contributed by atoms with Gasteiger partial charge >= 0.3 is 0 Å². The fourth-order valence-corrected chi connectivity index (χ4v) is 2.12. The molecular weight excluding hydrogens is 312 g/mol. The highest BCUT2D eigenvalue weighted by Crippen LogP contribution is 2.28. The summed E-state index contributed by atoms with van der Waals surface area (Å²) in [7, 11) is 0. The normalized spacial score (nSPS) is 11.1. The Balaban J connectivity index is 2.32. The lowest BCUT2D eigenvalue weighted by molar-refractivity contribution is 1.52. The molecule has 0 amide bonds. The average molecular weight is 319 g/mol. The van der Waals surface area contributed by atoms with Gasteiger partial charge in [0.2, 0.25) is 0 Å². The van der Waals surface area contributed by atoms with Crippen LogP contribution < -0.4 is 0 Å². The maximum Gasteiger partial charge on any atom is 0.0830 e. The maximum absolute atomic E-state index is 6.03. The van der Waals surface area contributed by atoms with Crippen LogP contribution in [-0.2, 0) is 0 Å². The van der Waals surface area contributed by atoms with Gasteiger partial charge in [0.15, 0.2) is 0 Å². The molecule has 0 spiro atoms. The summed E-state index contributed by atoms with van der Waals surface area (Å²) in [4.78, 5) is 4.26. The first-order chi connectivity index (χ1) is 8.56. The van der Waals surface area contributed by atoms with Gasteiger partial charge in [0.1, 0.15) is 0 Å². The molecule has 0 saturated heterocycles. The highest BCUT2D eigenvalue weighted by Gasteiger charge is 2.01. The Hall–Kier alpha value is -0.730. The van der Waals surface area contributed by atoms with Gasteiger partial charge in [-0.05, 0) is 30.3 Å². The summed E-state index contributed by atoms with van der Waals surface area (Å²) in [6.07, 6.45) is 1.62. The minimum atomic E-state index is 0.528. The van der Waals surface area contributed by atoms with Crippen LogP contribution in [0.25, 0.3) is 0 Å². The summed E-state index contributed by atoms with van der Waals surface area (Å²) in [6, 6.07) is 10.3. The van der Waals surface area contributed by atoms with E-state index < -0.39 is 0 Å². The molecule has 0 heterocycles. The van der Waals surface area contributed by atoms with Crippen LogP contribution in [-0.4, -0.2) is 6.21 Å². The van der Waals surface area contributed by atoms with E-state index in [1.54, 1.807) is 42.6 Å². The molecule has 0 radical (unpaired) electrons. The zero-order valence-electron chi connectivity index (χ0n) is 9.00. The highest BCUT2D eigenvalue weighted by atomic mass is 35.5. The van der Waals surface area contributed by atoms with Gasteiger partial charge in [0.25, 0.3) is 0 Å². The molecule has 0 aromatic heterocycles. The van der Waals surface area contributed by atoms with Gasteiger partial charge in [-0.15, -0.1) is 0 Å². The van der Waals surface area contributed by atoms with Gasteiger partial charge in [-0.1, -0.05) is 52.5 Å². The third kappa shape index (κ3) is 3.39. The summed E-state index contributed by atoms with van der Waals surface area (Å²) in [6.45, 7) is 0. The van der Waals surface area contributed by atoms with E-state index >= 15 is 0 Å². The Bertz CT molecular complexity index is 608. The second kappa shape index (κ2) is 5.94. The molecule has 2 aromatic carbocycles. The molecule has 5 heteroatoms. The van der Waals surface area contributed by atoms with Crippen LogP contribution in [0.3, 0.4) is 0 Å². The lowest BCUT2D eigenvalue weighted by Crippen LogP contribution is -1.82. The molecule has 2 rings (SSSR count). The molecule has 0 aliphatic rings. The lowest BCUT2D eigenvalue weighted by Gasteiger charge is -2.00. The number of benzene rings is 2. The Morgan fingerprint density at radius 2 is 1.44 bits per heavy atom. The second-order valence-corrected chi connectivity index (χ2v) is 5.21. The molecule has 0 saturated carbocycles. The van der Waals surface area contributed by atoms with Crippen molar-refractivity contribution in [2.75, 3.05) is 0 Å². The third-order valence-electron chi connectivity index (χ3n) is 2.21. The van der Waals surface area contributed by atoms with Crippen molar-refractivity contribution in [3.8, 4) is 0 Å². The summed E-state index contributed by atoms with van der Waals surface area (Å²) >= 11 is 23.7. The molecule has 92 valence electrons. The van der Waals surface area contributed by atoms with Crippen LogP contribution in [0.4, 0.5) is 5.69 Å². The minimum absolute atomic E-state index is 0.528. The smallest absolute Gasteiger partial charge is 0.0830 e. The van der Waals surface area contributed by atoms with Crippen molar-refractivity contribution in [2.24, 2.45) is 4.99 Å². The number of halogens is 4. The van der Waals surface area contributed by atoms with Gasteiger partial charge in [-0.2, -0.15) is 0 Å². The zero-order valence-corrected chi connectivity index (χ0v) is 12.0. The number of hydrogen-bond donors (Lipinski definition) is 0. The van der Waals surface area contributed by atoms with Gasteiger partial charge in [0, 0.05) is 21.8 Å². The first-order valence-corrected chi connectivity index (χ1v) is 6.51. The fourth-order valence-electron chi connectivity index (χ4n) is 1.33. The quantitative estimate of drug-likeness (QED) is 0.597. The highest BCUT2D eigenvalue weighted by molar-refractivity contribution is 6.36. The third-order valence-corrected chi connectivity index (χ3v) is 3.33. The zero-order chi connectivity index (χ0) is 13.1. The van der Waals surface area contributed by atoms with E-state index in [1.165, 1.54) is 0 Å². The van der Waals surface area contributed by atoms with E-state index in [0.717, 1.165) is 5.56 Å². The Labute approximate surface area is 125 Å². The predicted molar refractivity (Wildman–Crippen MR) is 80.2 cm³/mol. The number of nitrogens with zero attached hydrogens (tertiary/aromatic N) is 1. The van der Waals surface area contributed by atoms with Gasteiger partial charge in [-0.25, -0.2) is 0 Å². The van der Waals surface area contributed by atoms with Gasteiger partial charge in [-0.3, -0.25) is 4.99 Å². The first-order valence-electron chi connectivity index (χ1n) is 5.00. The standard InChI is InChI=1S/C13H7Cl4N/c14-9-2-1-8(12(17)5-9)7-18-13-6-10(15)3-4-11(13)16/h1-7H. The average Bonchev–Trinajstić information content (AvgIpc) is 2.32. The van der Waals surface area contributed by atoms with Crippen molar-refractivity contribution in [1.82, 2.24) is 0 Å². The van der Waals surface area contributed by atoms with E-state index in [-0.39, 0.29) is 0 Å². The van der Waals surface area contributed by atoms with Crippen molar-refractivity contribution < 1.29 is 0 Å². The summed E-state index contributed by atoms with van der Waals surface area (Å²) in [5, 5.41) is 2.22. The number of hydrogen-bond acceptors (Lipinski definition) is 1. The van der Waals surface area contributed by atoms with E-state index in [1.807, 2.05) is 0 Å². The van der Waals surface area contributed by atoms with E-state index in [4.69, 9.17) is 46.4 Å². The van der Waals surface area contributed by atoms with Gasteiger partial charge in [0.05, 0.1) is 15.7 Å². The maximum atomic E-state index is 6.03. The molecule has 0 bridgehead atoms. The molecular formula is C13H7Cl4N. The largest absolute Gasteiger partial charge is 0.255 e. The number of rotatable bonds is 2. The van der Waals surface area contributed by atoms with E-state index in [9.17, 15) is 0 Å². The molecule has 0 aliphatic heterocycles. The predicted octanol–water partition coefficient (Wildman–Crippen LogP) is 6.05. The fraction of sp³-hybridized carbons (Fsp3) is 0. The molecule has 0 N–H and O–H groups in total. The Kier molecular flexibility index (Phi) is 4.52. The van der Waals surface area contributed by atoms with Crippen molar-refractivity contribution in [2.45, 2.75) is 0 Å². The second-order valence-electron chi connectivity index (χ2n) is 3.52. The molecule has 1 nitrogen and oxygen atoms in total. The van der Waals surface area contributed by atoms with Crippen molar-refractivity contribution in [1.29, 1.82) is 0 Å². The van der Waals surface area contributed by atoms with Crippen LogP contribution in [0.5, 0.6) is 0 Å². The topological polar surface area (TPSA) is 12.4 Å². The lowest BCUT2D eigenvalue weighted by atomic mass is 10.2. The molecule has 0 unspecified atom stereocenters. The van der Waals surface area contributed by atoms with Crippen molar-refractivity contribution >= 4 is 58.3 Å². The Morgan fingerprint density at radius 1 is 0.778 bits per heavy atom. The summed E-state index contributed by atoms with van der Waals surface area (Å²) in [5.41, 5.74) is 1.35. The monoisotopic (exact) mass is 317 g/mol. The van der Waals surface area contributed by atoms with Crippen molar-refractivity contribution in [3.63, 3.8) is 0 Å².